The average Bonchev–Trinajstić information content (AvgIpc) is 2.98. The topological polar surface area (TPSA) is 56.7 Å². The van der Waals surface area contributed by atoms with Crippen LogP contribution in [0.5, 0.6) is 0 Å². The van der Waals surface area contributed by atoms with Gasteiger partial charge in [0.25, 0.3) is 0 Å². The van der Waals surface area contributed by atoms with Crippen LogP contribution in [0.15, 0.2) is 36.7 Å². The second-order valence-electron chi connectivity index (χ2n) is 4.84. The van der Waals surface area contributed by atoms with E-state index in [4.69, 9.17) is 5.73 Å². The molecule has 17 heavy (non-hydrogen) atoms. The van der Waals surface area contributed by atoms with Crippen molar-refractivity contribution in [3.63, 3.8) is 0 Å². The smallest absolute Gasteiger partial charge is 0.0697 e. The highest BCUT2D eigenvalue weighted by atomic mass is 15.4. The van der Waals surface area contributed by atoms with Crippen molar-refractivity contribution in [3.05, 3.63) is 42.2 Å². The van der Waals surface area contributed by atoms with E-state index >= 15 is 0 Å². The quantitative estimate of drug-likeness (QED) is 0.869. The summed E-state index contributed by atoms with van der Waals surface area (Å²) in [6.07, 6.45) is 5.92. The van der Waals surface area contributed by atoms with Gasteiger partial charge in [0, 0.05) is 11.5 Å². The fourth-order valence-electron chi connectivity index (χ4n) is 2.43. The van der Waals surface area contributed by atoms with Gasteiger partial charge in [0.05, 0.1) is 18.1 Å². The average molecular weight is 228 g/mol. The molecule has 1 saturated carbocycles. The fourth-order valence-corrected chi connectivity index (χ4v) is 2.43. The van der Waals surface area contributed by atoms with Crippen molar-refractivity contribution in [1.29, 1.82) is 0 Å². The molecule has 88 valence electrons. The number of rotatable bonds is 3. The van der Waals surface area contributed by atoms with E-state index in [1.54, 1.807) is 10.9 Å². The fraction of sp³-hybridized carbons (Fsp3) is 0.385. The molecule has 0 saturated heterocycles. The van der Waals surface area contributed by atoms with E-state index in [0.29, 0.717) is 0 Å². The van der Waals surface area contributed by atoms with E-state index in [2.05, 4.69) is 41.5 Å². The van der Waals surface area contributed by atoms with Gasteiger partial charge in [-0.3, -0.25) is 0 Å². The van der Waals surface area contributed by atoms with Gasteiger partial charge >= 0.3 is 0 Å². The lowest BCUT2D eigenvalue weighted by molar-refractivity contribution is 0.556. The zero-order valence-electron chi connectivity index (χ0n) is 9.87. The van der Waals surface area contributed by atoms with Crippen molar-refractivity contribution in [2.45, 2.75) is 31.2 Å². The molecular formula is C13H16N4. The maximum atomic E-state index is 6.07. The van der Waals surface area contributed by atoms with Gasteiger partial charge in [0.1, 0.15) is 0 Å². The van der Waals surface area contributed by atoms with Crippen LogP contribution < -0.4 is 5.73 Å². The van der Waals surface area contributed by atoms with Crippen LogP contribution in [0.4, 0.5) is 0 Å². The third-order valence-electron chi connectivity index (χ3n) is 3.79. The van der Waals surface area contributed by atoms with E-state index in [1.807, 2.05) is 6.20 Å². The highest BCUT2D eigenvalue weighted by molar-refractivity contribution is 5.40. The maximum Gasteiger partial charge on any atom is 0.0697 e. The summed E-state index contributed by atoms with van der Waals surface area (Å²) in [5.74, 6) is 0. The minimum absolute atomic E-state index is 0.222. The lowest BCUT2D eigenvalue weighted by atomic mass is 9.89. The van der Waals surface area contributed by atoms with Crippen LogP contribution in [0.25, 0.3) is 5.69 Å². The lowest BCUT2D eigenvalue weighted by Crippen LogP contribution is -2.31. The minimum Gasteiger partial charge on any atom is -0.327 e. The van der Waals surface area contributed by atoms with Gasteiger partial charge in [0.2, 0.25) is 0 Å². The number of nitrogens with two attached hydrogens (primary N) is 1. The van der Waals surface area contributed by atoms with Gasteiger partial charge < -0.3 is 5.73 Å². The molecule has 1 unspecified atom stereocenters. The minimum atomic E-state index is 0.222. The molecule has 1 aromatic heterocycles. The number of nitrogens with zero attached hydrogens (tertiary/aromatic N) is 3. The largest absolute Gasteiger partial charge is 0.327 e. The van der Waals surface area contributed by atoms with Gasteiger partial charge in [-0.1, -0.05) is 17.3 Å². The van der Waals surface area contributed by atoms with E-state index in [1.165, 1.54) is 18.4 Å². The molecule has 1 aliphatic rings. The Kier molecular flexibility index (Phi) is 2.26. The molecule has 3 rings (SSSR count). The first kappa shape index (κ1) is 10.5. The summed E-state index contributed by atoms with van der Waals surface area (Å²) < 4.78 is 1.76. The molecular weight excluding hydrogens is 212 g/mol. The first-order valence-corrected chi connectivity index (χ1v) is 5.95. The highest BCUT2D eigenvalue weighted by Crippen LogP contribution is 2.50. The summed E-state index contributed by atoms with van der Waals surface area (Å²) in [6.45, 7) is 2.10. The Morgan fingerprint density at radius 3 is 2.47 bits per heavy atom. The number of aromatic nitrogens is 3. The van der Waals surface area contributed by atoms with Gasteiger partial charge in [-0.05, 0) is 37.5 Å². The van der Waals surface area contributed by atoms with Crippen LogP contribution in [0.3, 0.4) is 0 Å². The van der Waals surface area contributed by atoms with Gasteiger partial charge in [-0.25, -0.2) is 4.68 Å². The van der Waals surface area contributed by atoms with Gasteiger partial charge in [-0.15, -0.1) is 5.10 Å². The number of benzene rings is 1. The summed E-state index contributed by atoms with van der Waals surface area (Å²) in [4.78, 5) is 0. The van der Waals surface area contributed by atoms with Crippen molar-refractivity contribution in [2.75, 3.05) is 0 Å². The molecule has 4 heteroatoms. The van der Waals surface area contributed by atoms with Crippen LogP contribution in [0.1, 0.15) is 25.3 Å². The second-order valence-corrected chi connectivity index (χ2v) is 4.84. The Balaban J connectivity index is 1.91. The maximum absolute atomic E-state index is 6.07. The zero-order valence-corrected chi connectivity index (χ0v) is 9.87. The summed E-state index contributed by atoms with van der Waals surface area (Å²) in [7, 11) is 0. The Hall–Kier alpha value is -1.68. The van der Waals surface area contributed by atoms with Crippen LogP contribution >= 0.6 is 0 Å². The Bertz CT molecular complexity index is 495. The van der Waals surface area contributed by atoms with Crippen LogP contribution in [0, 0.1) is 0 Å². The normalized spacial score (nSPS) is 18.9. The summed E-state index contributed by atoms with van der Waals surface area (Å²) in [5.41, 5.74) is 8.67. The molecule has 0 spiro atoms. The molecule has 1 fully saturated rings. The Morgan fingerprint density at radius 1 is 1.29 bits per heavy atom. The molecule has 0 aliphatic heterocycles. The van der Waals surface area contributed by atoms with Crippen molar-refractivity contribution in [1.82, 2.24) is 15.0 Å². The molecule has 0 bridgehead atoms. The Morgan fingerprint density at radius 2 is 2.00 bits per heavy atom. The molecule has 1 heterocycles. The van der Waals surface area contributed by atoms with Gasteiger partial charge in [0.15, 0.2) is 0 Å². The Labute approximate surface area is 100 Å². The van der Waals surface area contributed by atoms with Crippen LogP contribution in [0.2, 0.25) is 0 Å². The molecule has 1 atom stereocenters. The summed E-state index contributed by atoms with van der Waals surface area (Å²) in [6, 6.07) is 8.69. The summed E-state index contributed by atoms with van der Waals surface area (Å²) in [5, 5.41) is 7.77. The highest BCUT2D eigenvalue weighted by Gasteiger charge is 2.47. The molecule has 0 radical (unpaired) electrons. The molecule has 1 aliphatic carbocycles. The van der Waals surface area contributed by atoms with E-state index < -0.39 is 0 Å². The van der Waals surface area contributed by atoms with Crippen molar-refractivity contribution in [3.8, 4) is 5.69 Å². The van der Waals surface area contributed by atoms with E-state index in [0.717, 1.165) is 5.69 Å². The third kappa shape index (κ3) is 1.65. The monoisotopic (exact) mass is 228 g/mol. The van der Waals surface area contributed by atoms with E-state index in [9.17, 15) is 0 Å². The van der Waals surface area contributed by atoms with Gasteiger partial charge in [-0.2, -0.15) is 0 Å². The van der Waals surface area contributed by atoms with Crippen molar-refractivity contribution in [2.24, 2.45) is 5.73 Å². The molecule has 1 aromatic carbocycles. The second kappa shape index (κ2) is 3.67. The number of hydrogen-bond donors (Lipinski definition) is 1. The standard InChI is InChI=1S/C13H16N4/c1-10(14)13(6-7-13)11-2-4-12(5-3-11)17-9-8-15-16-17/h2-5,8-10H,6-7,14H2,1H3. The first-order valence-electron chi connectivity index (χ1n) is 5.95. The lowest BCUT2D eigenvalue weighted by Gasteiger charge is -2.20. The van der Waals surface area contributed by atoms with Crippen LogP contribution in [-0.4, -0.2) is 21.0 Å². The first-order chi connectivity index (χ1) is 8.22. The van der Waals surface area contributed by atoms with E-state index in [-0.39, 0.29) is 11.5 Å². The van der Waals surface area contributed by atoms with Crippen molar-refractivity contribution < 1.29 is 0 Å². The third-order valence-corrected chi connectivity index (χ3v) is 3.79. The molecule has 2 N–H and O–H groups in total. The summed E-state index contributed by atoms with van der Waals surface area (Å²) >= 11 is 0. The number of hydrogen-bond acceptors (Lipinski definition) is 3. The predicted octanol–water partition coefficient (Wildman–Crippen LogP) is 1.65. The zero-order chi connectivity index (χ0) is 11.9. The van der Waals surface area contributed by atoms with Crippen molar-refractivity contribution >= 4 is 0 Å². The molecule has 0 amide bonds. The molecule has 4 nitrogen and oxygen atoms in total. The predicted molar refractivity (Wildman–Crippen MR) is 65.9 cm³/mol. The molecule has 2 aromatic rings. The van der Waals surface area contributed by atoms with Crippen LogP contribution in [-0.2, 0) is 5.41 Å². The SMILES string of the molecule is CC(N)C1(c2ccc(-n3ccnn3)cc2)CC1.